The first kappa shape index (κ1) is 16.8. The molecule has 1 aromatic carbocycles. The van der Waals surface area contributed by atoms with Crippen molar-refractivity contribution in [3.8, 4) is 5.75 Å². The summed E-state index contributed by atoms with van der Waals surface area (Å²) in [7, 11) is 3.31. The predicted octanol–water partition coefficient (Wildman–Crippen LogP) is 1.93. The average Bonchev–Trinajstić information content (AvgIpc) is 2.37. The number of carbonyl (C=O) groups is 2. The maximum atomic E-state index is 11.8. The quantitative estimate of drug-likeness (QED) is 0.840. The first-order valence-electron chi connectivity index (χ1n) is 6.70. The fraction of sp³-hybridized carbons (Fsp3) is 0.467. The van der Waals surface area contributed by atoms with Crippen LogP contribution >= 0.6 is 0 Å². The number of nitrogens with zero attached hydrogens (tertiary/aromatic N) is 1. The van der Waals surface area contributed by atoms with Crippen LogP contribution in [0.1, 0.15) is 23.1 Å². The van der Waals surface area contributed by atoms with Gasteiger partial charge in [-0.1, -0.05) is 12.1 Å². The summed E-state index contributed by atoms with van der Waals surface area (Å²) in [5.41, 5.74) is 3.04. The van der Waals surface area contributed by atoms with E-state index >= 15 is 0 Å². The molecular formula is C15H22N2O4. The largest absolute Gasteiger partial charge is 0.496 e. The Hall–Kier alpha value is -2.24. The van der Waals surface area contributed by atoms with E-state index in [2.05, 4.69) is 5.32 Å². The molecule has 0 heterocycles. The fourth-order valence-electron chi connectivity index (χ4n) is 2.21. The molecule has 116 valence electrons. The van der Waals surface area contributed by atoms with Gasteiger partial charge in [-0.3, -0.25) is 4.79 Å². The van der Waals surface area contributed by atoms with Gasteiger partial charge in [0.2, 0.25) is 0 Å². The zero-order chi connectivity index (χ0) is 16.0. The summed E-state index contributed by atoms with van der Waals surface area (Å²) in [6, 6.07) is 3.67. The van der Waals surface area contributed by atoms with Gasteiger partial charge >= 0.3 is 12.0 Å². The van der Waals surface area contributed by atoms with Crippen LogP contribution in [0.4, 0.5) is 4.79 Å². The third-order valence-corrected chi connectivity index (χ3v) is 3.11. The average molecular weight is 294 g/mol. The first-order valence-corrected chi connectivity index (χ1v) is 6.70. The second-order valence-electron chi connectivity index (χ2n) is 4.99. The van der Waals surface area contributed by atoms with Gasteiger partial charge in [0.1, 0.15) is 5.75 Å². The molecule has 0 spiro atoms. The molecule has 0 unspecified atom stereocenters. The van der Waals surface area contributed by atoms with E-state index in [1.165, 1.54) is 4.90 Å². The monoisotopic (exact) mass is 294 g/mol. The lowest BCUT2D eigenvalue weighted by atomic mass is 10.1. The number of hydrogen-bond acceptors (Lipinski definition) is 3. The van der Waals surface area contributed by atoms with Gasteiger partial charge in [-0.2, -0.15) is 0 Å². The Labute approximate surface area is 124 Å². The van der Waals surface area contributed by atoms with Gasteiger partial charge in [-0.15, -0.1) is 0 Å². The molecular weight excluding hydrogens is 272 g/mol. The predicted molar refractivity (Wildman–Crippen MR) is 79.6 cm³/mol. The number of carboxylic acids is 1. The number of rotatable bonds is 6. The van der Waals surface area contributed by atoms with Crippen molar-refractivity contribution >= 4 is 12.0 Å². The standard InChI is InChI=1S/C15H22N2O4/c1-10-7-12(8-11(2)14(10)21-4)9-17(3)15(20)16-6-5-13(18)19/h7-8H,5-6,9H2,1-4H3,(H,16,20)(H,18,19). The maximum Gasteiger partial charge on any atom is 0.317 e. The molecule has 0 fully saturated rings. The number of hydrogen-bond donors (Lipinski definition) is 2. The lowest BCUT2D eigenvalue weighted by Crippen LogP contribution is -2.37. The summed E-state index contributed by atoms with van der Waals surface area (Å²) < 4.78 is 5.31. The first-order chi connectivity index (χ1) is 9.85. The summed E-state index contributed by atoms with van der Waals surface area (Å²) in [6.07, 6.45) is -0.0830. The highest BCUT2D eigenvalue weighted by molar-refractivity contribution is 5.75. The number of methoxy groups -OCH3 is 1. The van der Waals surface area contributed by atoms with Gasteiger partial charge in [0.05, 0.1) is 13.5 Å². The van der Waals surface area contributed by atoms with E-state index in [9.17, 15) is 9.59 Å². The van der Waals surface area contributed by atoms with Crippen LogP contribution in [0.25, 0.3) is 0 Å². The number of aliphatic carboxylic acids is 1. The van der Waals surface area contributed by atoms with Crippen molar-refractivity contribution in [2.24, 2.45) is 0 Å². The minimum Gasteiger partial charge on any atom is -0.496 e. The molecule has 0 atom stereocenters. The van der Waals surface area contributed by atoms with Crippen LogP contribution in [0, 0.1) is 13.8 Å². The molecule has 0 saturated heterocycles. The van der Waals surface area contributed by atoms with Crippen LogP contribution in [0.2, 0.25) is 0 Å². The third kappa shape index (κ3) is 4.98. The van der Waals surface area contributed by atoms with Crippen LogP contribution in [-0.2, 0) is 11.3 Å². The molecule has 6 nitrogen and oxygen atoms in total. The number of nitrogens with one attached hydrogen (secondary N) is 1. The van der Waals surface area contributed by atoms with Crippen molar-refractivity contribution in [2.75, 3.05) is 20.7 Å². The van der Waals surface area contributed by atoms with Crippen molar-refractivity contribution in [3.63, 3.8) is 0 Å². The van der Waals surface area contributed by atoms with Gasteiger partial charge in [-0.05, 0) is 30.5 Å². The SMILES string of the molecule is COc1c(C)cc(CN(C)C(=O)NCCC(=O)O)cc1C. The smallest absolute Gasteiger partial charge is 0.317 e. The highest BCUT2D eigenvalue weighted by Gasteiger charge is 2.11. The topological polar surface area (TPSA) is 78.9 Å². The Morgan fingerprint density at radius 1 is 1.29 bits per heavy atom. The van der Waals surface area contributed by atoms with Crippen LogP contribution in [0.3, 0.4) is 0 Å². The highest BCUT2D eigenvalue weighted by Crippen LogP contribution is 2.24. The third-order valence-electron chi connectivity index (χ3n) is 3.11. The number of urea groups is 1. The second kappa shape index (κ2) is 7.52. The zero-order valence-corrected chi connectivity index (χ0v) is 12.9. The van der Waals surface area contributed by atoms with E-state index < -0.39 is 5.97 Å². The van der Waals surface area contributed by atoms with Crippen LogP contribution < -0.4 is 10.1 Å². The Bertz CT molecular complexity index is 505. The van der Waals surface area contributed by atoms with Crippen LogP contribution in [-0.4, -0.2) is 42.7 Å². The van der Waals surface area contributed by atoms with E-state index in [0.29, 0.717) is 6.54 Å². The molecule has 0 aliphatic heterocycles. The van der Waals surface area contributed by atoms with Crippen LogP contribution in [0.5, 0.6) is 5.75 Å². The molecule has 2 amide bonds. The van der Waals surface area contributed by atoms with E-state index in [1.807, 2.05) is 26.0 Å². The number of carboxylic acid groups (broad SMARTS) is 1. The van der Waals surface area contributed by atoms with Gasteiger partial charge in [0, 0.05) is 20.1 Å². The molecule has 6 heteroatoms. The van der Waals surface area contributed by atoms with Crippen molar-refractivity contribution in [1.29, 1.82) is 0 Å². The lowest BCUT2D eigenvalue weighted by Gasteiger charge is -2.19. The Morgan fingerprint density at radius 2 is 1.86 bits per heavy atom. The molecule has 1 aromatic rings. The summed E-state index contributed by atoms with van der Waals surface area (Å²) in [4.78, 5) is 23.7. The summed E-state index contributed by atoms with van der Waals surface area (Å²) in [6.45, 7) is 4.49. The van der Waals surface area contributed by atoms with Gasteiger partial charge in [-0.25, -0.2) is 4.79 Å². The van der Waals surface area contributed by atoms with E-state index in [4.69, 9.17) is 9.84 Å². The van der Waals surface area contributed by atoms with Crippen molar-refractivity contribution in [2.45, 2.75) is 26.8 Å². The van der Waals surface area contributed by atoms with Gasteiger partial charge < -0.3 is 20.1 Å². The Balaban J connectivity index is 2.64. The van der Waals surface area contributed by atoms with Crippen LogP contribution in [0.15, 0.2) is 12.1 Å². The Kier molecular flexibility index (Phi) is 6.02. The van der Waals surface area contributed by atoms with Gasteiger partial charge in [0.25, 0.3) is 0 Å². The molecule has 21 heavy (non-hydrogen) atoms. The van der Waals surface area contributed by atoms with Gasteiger partial charge in [0.15, 0.2) is 0 Å². The molecule has 2 N–H and O–H groups in total. The lowest BCUT2D eigenvalue weighted by molar-refractivity contribution is -0.136. The normalized spacial score (nSPS) is 10.1. The molecule has 0 saturated carbocycles. The number of ether oxygens (including phenoxy) is 1. The summed E-state index contributed by atoms with van der Waals surface area (Å²) in [5.74, 6) is -0.0772. The molecule has 0 bridgehead atoms. The molecule has 0 aromatic heterocycles. The number of amides is 2. The molecule has 0 aliphatic rings. The van der Waals surface area contributed by atoms with E-state index in [0.717, 1.165) is 22.4 Å². The maximum absolute atomic E-state index is 11.8. The van der Waals surface area contributed by atoms with Crippen molar-refractivity contribution in [1.82, 2.24) is 10.2 Å². The Morgan fingerprint density at radius 3 is 2.33 bits per heavy atom. The summed E-state index contributed by atoms with van der Waals surface area (Å²) >= 11 is 0. The van der Waals surface area contributed by atoms with E-state index in [1.54, 1.807) is 14.2 Å². The number of benzene rings is 1. The zero-order valence-electron chi connectivity index (χ0n) is 12.9. The number of aryl methyl sites for hydroxylation is 2. The molecule has 1 rings (SSSR count). The van der Waals surface area contributed by atoms with Crippen molar-refractivity contribution in [3.05, 3.63) is 28.8 Å². The number of carbonyl (C=O) groups excluding carboxylic acids is 1. The molecule has 0 aliphatic carbocycles. The van der Waals surface area contributed by atoms with E-state index in [-0.39, 0.29) is 19.0 Å². The van der Waals surface area contributed by atoms with Crippen molar-refractivity contribution < 1.29 is 19.4 Å². The highest BCUT2D eigenvalue weighted by atomic mass is 16.5. The minimum absolute atomic E-state index is 0.0830. The fourth-order valence-corrected chi connectivity index (χ4v) is 2.21. The summed E-state index contributed by atoms with van der Waals surface area (Å²) in [5, 5.41) is 11.1. The molecule has 0 radical (unpaired) electrons. The minimum atomic E-state index is -0.931. The second-order valence-corrected chi connectivity index (χ2v) is 4.99.